The van der Waals surface area contributed by atoms with E-state index in [1.807, 2.05) is 0 Å². The molecule has 0 radical (unpaired) electrons. The summed E-state index contributed by atoms with van der Waals surface area (Å²) in [4.78, 5) is 20.7. The molecule has 4 heterocycles. The lowest BCUT2D eigenvalue weighted by molar-refractivity contribution is 0.0699. The number of oxazole rings is 1. The summed E-state index contributed by atoms with van der Waals surface area (Å²) in [6.45, 7) is 5.80. The maximum absolute atomic E-state index is 12.5. The third-order valence-corrected chi connectivity index (χ3v) is 4.99. The number of hydrogen-bond donors (Lipinski definition) is 0. The zero-order valence-electron chi connectivity index (χ0n) is 14.1. The van der Waals surface area contributed by atoms with Crippen LogP contribution in [0.5, 0.6) is 0 Å². The molecule has 8 nitrogen and oxygen atoms in total. The normalized spacial score (nSPS) is 19.5. The first-order chi connectivity index (χ1) is 11.6. The van der Waals surface area contributed by atoms with Crippen molar-refractivity contribution in [3.05, 3.63) is 29.5 Å². The molecule has 1 fully saturated rings. The van der Waals surface area contributed by atoms with Gasteiger partial charge in [-0.2, -0.15) is 0 Å². The molecular formula is C16H22N6O2. The second-order valence-corrected chi connectivity index (χ2v) is 6.68. The van der Waals surface area contributed by atoms with Crippen LogP contribution in [0.3, 0.4) is 0 Å². The van der Waals surface area contributed by atoms with Gasteiger partial charge in [0.25, 0.3) is 5.91 Å². The van der Waals surface area contributed by atoms with Crippen molar-refractivity contribution < 1.29 is 9.21 Å². The fraction of sp³-hybridized carbons (Fsp3) is 0.625. The van der Waals surface area contributed by atoms with Crippen molar-refractivity contribution in [2.75, 3.05) is 26.7 Å². The van der Waals surface area contributed by atoms with Gasteiger partial charge in [0.1, 0.15) is 12.1 Å². The van der Waals surface area contributed by atoms with E-state index in [9.17, 15) is 4.79 Å². The number of rotatable bonds is 2. The summed E-state index contributed by atoms with van der Waals surface area (Å²) in [5, 5.41) is 8.78. The first-order valence-corrected chi connectivity index (χ1v) is 8.43. The lowest BCUT2D eigenvalue weighted by Gasteiger charge is -2.31. The van der Waals surface area contributed by atoms with Crippen LogP contribution in [0.1, 0.15) is 46.8 Å². The van der Waals surface area contributed by atoms with Gasteiger partial charge >= 0.3 is 0 Å². The SMILES string of the molecule is Cc1nc(C(=O)N2CCn3c(nnc3C3CCN(C)CC3)C2)co1. The first kappa shape index (κ1) is 15.3. The summed E-state index contributed by atoms with van der Waals surface area (Å²) >= 11 is 0. The molecule has 2 aromatic heterocycles. The number of carbonyl (C=O) groups excluding carboxylic acids is 1. The Bertz CT molecular complexity index is 744. The smallest absolute Gasteiger partial charge is 0.276 e. The summed E-state index contributed by atoms with van der Waals surface area (Å²) in [7, 11) is 2.16. The van der Waals surface area contributed by atoms with Gasteiger partial charge in [0, 0.05) is 25.9 Å². The molecule has 2 aliphatic rings. The molecule has 2 aromatic rings. The van der Waals surface area contributed by atoms with Crippen molar-refractivity contribution in [1.82, 2.24) is 29.5 Å². The van der Waals surface area contributed by atoms with E-state index in [2.05, 4.69) is 31.7 Å². The van der Waals surface area contributed by atoms with Crippen molar-refractivity contribution in [3.63, 3.8) is 0 Å². The van der Waals surface area contributed by atoms with Gasteiger partial charge in [-0.05, 0) is 33.0 Å². The van der Waals surface area contributed by atoms with Gasteiger partial charge in [0.2, 0.25) is 0 Å². The number of carbonyl (C=O) groups is 1. The van der Waals surface area contributed by atoms with Gasteiger partial charge in [-0.3, -0.25) is 4.79 Å². The van der Waals surface area contributed by atoms with Gasteiger partial charge in [-0.25, -0.2) is 4.98 Å². The number of fused-ring (bicyclic) bond motifs is 1. The van der Waals surface area contributed by atoms with Gasteiger partial charge in [0.05, 0.1) is 6.54 Å². The van der Waals surface area contributed by atoms with Crippen LogP contribution in [-0.4, -0.2) is 62.1 Å². The van der Waals surface area contributed by atoms with E-state index >= 15 is 0 Å². The molecule has 4 rings (SSSR count). The Balaban J connectivity index is 1.49. The second kappa shape index (κ2) is 6.01. The van der Waals surface area contributed by atoms with E-state index in [0.29, 0.717) is 30.6 Å². The van der Waals surface area contributed by atoms with E-state index in [1.165, 1.54) is 6.26 Å². The van der Waals surface area contributed by atoms with Gasteiger partial charge < -0.3 is 18.8 Å². The third-order valence-electron chi connectivity index (χ3n) is 4.99. The van der Waals surface area contributed by atoms with Crippen LogP contribution in [0.2, 0.25) is 0 Å². The topological polar surface area (TPSA) is 80.3 Å². The lowest BCUT2D eigenvalue weighted by atomic mass is 9.96. The zero-order chi connectivity index (χ0) is 16.7. The number of likely N-dealkylation sites (tertiary alicyclic amines) is 1. The summed E-state index contributed by atoms with van der Waals surface area (Å²) < 4.78 is 7.34. The minimum Gasteiger partial charge on any atom is -0.448 e. The summed E-state index contributed by atoms with van der Waals surface area (Å²) in [5.41, 5.74) is 0.357. The van der Waals surface area contributed by atoms with Gasteiger partial charge in [-0.1, -0.05) is 0 Å². The van der Waals surface area contributed by atoms with Crippen molar-refractivity contribution in [2.45, 2.75) is 38.8 Å². The molecule has 0 spiro atoms. The number of hydrogen-bond acceptors (Lipinski definition) is 6. The maximum atomic E-state index is 12.5. The van der Waals surface area contributed by atoms with Crippen molar-refractivity contribution in [1.29, 1.82) is 0 Å². The van der Waals surface area contributed by atoms with E-state index in [4.69, 9.17) is 4.42 Å². The highest BCUT2D eigenvalue weighted by molar-refractivity contribution is 5.92. The summed E-state index contributed by atoms with van der Waals surface area (Å²) in [6.07, 6.45) is 3.66. The Morgan fingerprint density at radius 1 is 1.21 bits per heavy atom. The van der Waals surface area contributed by atoms with Crippen molar-refractivity contribution in [2.24, 2.45) is 0 Å². The molecule has 0 aromatic carbocycles. The average molecular weight is 330 g/mol. The van der Waals surface area contributed by atoms with Crippen LogP contribution in [0.4, 0.5) is 0 Å². The Kier molecular flexibility index (Phi) is 3.84. The highest BCUT2D eigenvalue weighted by Crippen LogP contribution is 2.28. The minimum absolute atomic E-state index is 0.109. The average Bonchev–Trinajstić information content (AvgIpc) is 3.20. The standard InChI is InChI=1S/C16H22N6O2/c1-11-17-13(10-24-11)16(23)21-7-8-22-14(9-21)18-19-15(22)12-3-5-20(2)6-4-12/h10,12H,3-9H2,1-2H3. The molecule has 0 unspecified atom stereocenters. The van der Waals surface area contributed by atoms with E-state index in [1.54, 1.807) is 11.8 Å². The van der Waals surface area contributed by atoms with E-state index < -0.39 is 0 Å². The number of aryl methyl sites for hydroxylation is 1. The lowest BCUT2D eigenvalue weighted by Crippen LogP contribution is -2.39. The molecule has 24 heavy (non-hydrogen) atoms. The van der Waals surface area contributed by atoms with Crippen LogP contribution in [0, 0.1) is 6.92 Å². The van der Waals surface area contributed by atoms with Crippen LogP contribution in [0.25, 0.3) is 0 Å². The predicted octanol–water partition coefficient (Wildman–Crippen LogP) is 1.04. The molecule has 2 aliphatic heterocycles. The van der Waals surface area contributed by atoms with Gasteiger partial charge in [0.15, 0.2) is 17.4 Å². The van der Waals surface area contributed by atoms with E-state index in [0.717, 1.165) is 44.1 Å². The summed E-state index contributed by atoms with van der Waals surface area (Å²) in [6, 6.07) is 0. The molecule has 1 saturated heterocycles. The number of amides is 1. The fourth-order valence-electron chi connectivity index (χ4n) is 3.55. The van der Waals surface area contributed by atoms with Crippen LogP contribution >= 0.6 is 0 Å². The molecular weight excluding hydrogens is 308 g/mol. The second-order valence-electron chi connectivity index (χ2n) is 6.68. The molecule has 0 saturated carbocycles. The number of nitrogens with zero attached hydrogens (tertiary/aromatic N) is 6. The summed E-state index contributed by atoms with van der Waals surface area (Å²) in [5.74, 6) is 2.82. The third kappa shape index (κ3) is 2.71. The van der Waals surface area contributed by atoms with Crippen LogP contribution < -0.4 is 0 Å². The molecule has 0 N–H and O–H groups in total. The maximum Gasteiger partial charge on any atom is 0.276 e. The monoisotopic (exact) mass is 330 g/mol. The highest BCUT2D eigenvalue weighted by Gasteiger charge is 2.30. The molecule has 0 bridgehead atoms. The Morgan fingerprint density at radius 3 is 2.71 bits per heavy atom. The Morgan fingerprint density at radius 2 is 2.00 bits per heavy atom. The highest BCUT2D eigenvalue weighted by atomic mass is 16.3. The van der Waals surface area contributed by atoms with Gasteiger partial charge in [-0.15, -0.1) is 10.2 Å². The minimum atomic E-state index is -0.109. The molecule has 128 valence electrons. The quantitative estimate of drug-likeness (QED) is 0.818. The van der Waals surface area contributed by atoms with Crippen LogP contribution in [-0.2, 0) is 13.1 Å². The van der Waals surface area contributed by atoms with Crippen LogP contribution in [0.15, 0.2) is 10.7 Å². The fourth-order valence-corrected chi connectivity index (χ4v) is 3.55. The number of piperidine rings is 1. The zero-order valence-corrected chi connectivity index (χ0v) is 14.1. The molecule has 1 amide bonds. The van der Waals surface area contributed by atoms with Crippen molar-refractivity contribution in [3.8, 4) is 0 Å². The van der Waals surface area contributed by atoms with Crippen molar-refractivity contribution >= 4 is 5.91 Å². The number of aromatic nitrogens is 4. The Labute approximate surface area is 140 Å². The Hall–Kier alpha value is -2.22. The largest absolute Gasteiger partial charge is 0.448 e. The molecule has 8 heteroatoms. The predicted molar refractivity (Wildman–Crippen MR) is 85.5 cm³/mol. The molecule has 0 atom stereocenters. The molecule has 0 aliphatic carbocycles. The van der Waals surface area contributed by atoms with E-state index in [-0.39, 0.29) is 5.91 Å². The first-order valence-electron chi connectivity index (χ1n) is 8.43.